The number of hydrogen-bond acceptors (Lipinski definition) is 4. The summed E-state index contributed by atoms with van der Waals surface area (Å²) in [5, 5.41) is 9.06. The van der Waals surface area contributed by atoms with Gasteiger partial charge in [-0.15, -0.1) is 0 Å². The van der Waals surface area contributed by atoms with Gasteiger partial charge in [0.25, 0.3) is 0 Å². The Bertz CT molecular complexity index is 943. The molecule has 5 nitrogen and oxygen atoms in total. The fourth-order valence-corrected chi connectivity index (χ4v) is 4.33. The minimum Gasteiger partial charge on any atom is -0.489 e. The molecule has 0 unspecified atom stereocenters. The third-order valence-electron chi connectivity index (χ3n) is 6.23. The number of pyridine rings is 1. The molecule has 0 atom stereocenters. The highest BCUT2D eigenvalue weighted by molar-refractivity contribution is 5.73. The summed E-state index contributed by atoms with van der Waals surface area (Å²) < 4.78 is 6.03. The topological polar surface area (TPSA) is 62.7 Å². The van der Waals surface area contributed by atoms with Crippen LogP contribution in [0.25, 0.3) is 5.57 Å². The van der Waals surface area contributed by atoms with Gasteiger partial charge >= 0.3 is 5.97 Å². The quantitative estimate of drug-likeness (QED) is 0.706. The average Bonchev–Trinajstić information content (AvgIpc) is 2.71. The highest BCUT2D eigenvalue weighted by atomic mass is 16.5. The smallest absolute Gasteiger partial charge is 0.309 e. The molecule has 0 radical (unpaired) electrons. The number of benzene rings is 1. The fraction of sp³-hybridized carbons (Fsp3) is 0.440. The van der Waals surface area contributed by atoms with Gasteiger partial charge in [-0.05, 0) is 61.1 Å². The Morgan fingerprint density at radius 3 is 2.77 bits per heavy atom. The lowest BCUT2D eigenvalue weighted by atomic mass is 9.85. The summed E-state index contributed by atoms with van der Waals surface area (Å²) in [6, 6.07) is 10.6. The molecule has 0 amide bonds. The SMILES string of the molecule is CCCc1ccc(COc2ccc3c(c2)CCC(CN2CC(C(=O)O)C2)=C3C)cn1. The number of hydrogen-bond donors (Lipinski definition) is 1. The van der Waals surface area contributed by atoms with Crippen molar-refractivity contribution in [3.05, 3.63) is 64.5 Å². The first-order chi connectivity index (χ1) is 14.5. The van der Waals surface area contributed by atoms with E-state index in [2.05, 4.69) is 48.0 Å². The molecule has 2 heterocycles. The van der Waals surface area contributed by atoms with Crippen LogP contribution in [0, 0.1) is 5.92 Å². The maximum absolute atomic E-state index is 11.0. The summed E-state index contributed by atoms with van der Waals surface area (Å²) in [5.41, 5.74) is 7.60. The Balaban J connectivity index is 1.37. The number of carboxylic acid groups (broad SMARTS) is 1. The number of carbonyl (C=O) groups is 1. The van der Waals surface area contributed by atoms with Crippen molar-refractivity contribution in [1.82, 2.24) is 9.88 Å². The average molecular weight is 407 g/mol. The Kier molecular flexibility index (Phi) is 6.18. The van der Waals surface area contributed by atoms with Crippen molar-refractivity contribution in [2.75, 3.05) is 19.6 Å². The van der Waals surface area contributed by atoms with Gasteiger partial charge in [-0.1, -0.05) is 31.1 Å². The molecule has 2 aromatic rings. The van der Waals surface area contributed by atoms with E-state index in [4.69, 9.17) is 9.84 Å². The van der Waals surface area contributed by atoms with Crippen LogP contribution in [0.4, 0.5) is 0 Å². The molecule has 1 aliphatic carbocycles. The van der Waals surface area contributed by atoms with E-state index < -0.39 is 5.97 Å². The standard InChI is InChI=1S/C25H30N2O3/c1-3-4-22-8-5-18(12-26-22)16-30-23-9-10-24-17(2)20(7-6-19(24)11-23)13-27-14-21(15-27)25(28)29/h5,8-12,21H,3-4,6-7,13-16H2,1-2H3,(H,28,29). The molecule has 1 fully saturated rings. The van der Waals surface area contributed by atoms with Crippen LogP contribution in [0.5, 0.6) is 5.75 Å². The van der Waals surface area contributed by atoms with Crippen LogP contribution in [0.3, 0.4) is 0 Å². The third-order valence-corrected chi connectivity index (χ3v) is 6.23. The Labute approximate surface area is 178 Å². The molecule has 1 aromatic heterocycles. The molecule has 5 heteroatoms. The number of carboxylic acids is 1. The number of nitrogens with zero attached hydrogens (tertiary/aromatic N) is 2. The van der Waals surface area contributed by atoms with E-state index in [-0.39, 0.29) is 5.92 Å². The molecule has 1 saturated heterocycles. The van der Waals surface area contributed by atoms with Gasteiger partial charge < -0.3 is 9.84 Å². The molecule has 1 N–H and O–H groups in total. The summed E-state index contributed by atoms with van der Waals surface area (Å²) in [7, 11) is 0. The lowest BCUT2D eigenvalue weighted by molar-refractivity contribution is -0.147. The van der Waals surface area contributed by atoms with Gasteiger partial charge in [0, 0.05) is 37.1 Å². The normalized spacial score (nSPS) is 16.9. The lowest BCUT2D eigenvalue weighted by Gasteiger charge is -2.38. The second kappa shape index (κ2) is 9.00. The predicted molar refractivity (Wildman–Crippen MR) is 117 cm³/mol. The van der Waals surface area contributed by atoms with Gasteiger partial charge in [0.15, 0.2) is 0 Å². The van der Waals surface area contributed by atoms with Gasteiger partial charge in [0.2, 0.25) is 0 Å². The second-order valence-electron chi connectivity index (χ2n) is 8.47. The van der Waals surface area contributed by atoms with E-state index in [9.17, 15) is 4.79 Å². The molecule has 0 spiro atoms. The number of likely N-dealkylation sites (tertiary alicyclic amines) is 1. The number of fused-ring (bicyclic) bond motifs is 1. The van der Waals surface area contributed by atoms with Crippen LogP contribution in [-0.2, 0) is 24.2 Å². The van der Waals surface area contributed by atoms with E-state index >= 15 is 0 Å². The van der Waals surface area contributed by atoms with Gasteiger partial charge in [-0.25, -0.2) is 0 Å². The summed E-state index contributed by atoms with van der Waals surface area (Å²) in [6.07, 6.45) is 6.06. The minimum absolute atomic E-state index is 0.195. The van der Waals surface area contributed by atoms with E-state index in [1.54, 1.807) is 0 Å². The van der Waals surface area contributed by atoms with Crippen molar-refractivity contribution >= 4 is 11.5 Å². The highest BCUT2D eigenvalue weighted by Gasteiger charge is 2.33. The van der Waals surface area contributed by atoms with Crippen LogP contribution in [-0.4, -0.2) is 40.6 Å². The lowest BCUT2D eigenvalue weighted by Crippen LogP contribution is -2.50. The zero-order valence-corrected chi connectivity index (χ0v) is 17.9. The Morgan fingerprint density at radius 1 is 1.23 bits per heavy atom. The summed E-state index contributed by atoms with van der Waals surface area (Å²) >= 11 is 0. The first kappa shape index (κ1) is 20.6. The van der Waals surface area contributed by atoms with Crippen molar-refractivity contribution in [3.63, 3.8) is 0 Å². The third kappa shape index (κ3) is 4.57. The number of ether oxygens (including phenoxy) is 1. The zero-order chi connectivity index (χ0) is 21.1. The van der Waals surface area contributed by atoms with Crippen molar-refractivity contribution in [2.45, 2.75) is 46.1 Å². The molecule has 4 rings (SSSR count). The molecule has 2 aliphatic rings. The monoisotopic (exact) mass is 406 g/mol. The minimum atomic E-state index is -0.675. The van der Waals surface area contributed by atoms with Crippen molar-refractivity contribution in [1.29, 1.82) is 0 Å². The highest BCUT2D eigenvalue weighted by Crippen LogP contribution is 2.34. The second-order valence-corrected chi connectivity index (χ2v) is 8.47. The van der Waals surface area contributed by atoms with Crippen LogP contribution >= 0.6 is 0 Å². The van der Waals surface area contributed by atoms with Crippen molar-refractivity contribution in [2.24, 2.45) is 5.92 Å². The molecule has 158 valence electrons. The first-order valence-electron chi connectivity index (χ1n) is 10.9. The number of allylic oxidation sites excluding steroid dienone is 1. The maximum Gasteiger partial charge on any atom is 0.309 e. The summed E-state index contributed by atoms with van der Waals surface area (Å²) in [5.74, 6) is 0.0281. The van der Waals surface area contributed by atoms with Crippen LogP contribution in [0.15, 0.2) is 42.1 Å². The van der Waals surface area contributed by atoms with Crippen LogP contribution in [0.2, 0.25) is 0 Å². The van der Waals surface area contributed by atoms with Gasteiger partial charge in [-0.2, -0.15) is 0 Å². The molecule has 0 saturated carbocycles. The fourth-order valence-electron chi connectivity index (χ4n) is 4.33. The number of aliphatic carboxylic acids is 1. The van der Waals surface area contributed by atoms with Gasteiger partial charge in [0.1, 0.15) is 12.4 Å². The Morgan fingerprint density at radius 2 is 2.07 bits per heavy atom. The maximum atomic E-state index is 11.0. The molecular formula is C25H30N2O3. The van der Waals surface area contributed by atoms with Gasteiger partial charge in [0.05, 0.1) is 5.92 Å². The molecule has 1 aromatic carbocycles. The number of aryl methyl sites for hydroxylation is 2. The first-order valence-corrected chi connectivity index (χ1v) is 10.9. The van der Waals surface area contributed by atoms with Crippen molar-refractivity contribution < 1.29 is 14.6 Å². The van der Waals surface area contributed by atoms with Crippen molar-refractivity contribution in [3.8, 4) is 5.75 Å². The summed E-state index contributed by atoms with van der Waals surface area (Å²) in [4.78, 5) is 17.7. The molecule has 0 bridgehead atoms. The van der Waals surface area contributed by atoms with Crippen LogP contribution in [0.1, 0.15) is 49.1 Å². The molecule has 30 heavy (non-hydrogen) atoms. The molecular weight excluding hydrogens is 376 g/mol. The van der Waals surface area contributed by atoms with E-state index in [1.165, 1.54) is 22.3 Å². The van der Waals surface area contributed by atoms with Crippen LogP contribution < -0.4 is 4.74 Å². The summed E-state index contributed by atoms with van der Waals surface area (Å²) in [6.45, 7) is 7.09. The van der Waals surface area contributed by atoms with E-state index in [0.717, 1.165) is 49.2 Å². The number of rotatable bonds is 8. The zero-order valence-electron chi connectivity index (χ0n) is 17.9. The van der Waals surface area contributed by atoms with E-state index in [0.29, 0.717) is 19.7 Å². The molecule has 1 aliphatic heterocycles. The van der Waals surface area contributed by atoms with Gasteiger partial charge in [-0.3, -0.25) is 14.7 Å². The Hall–Kier alpha value is -2.66. The number of aromatic nitrogens is 1. The largest absolute Gasteiger partial charge is 0.489 e. The predicted octanol–water partition coefficient (Wildman–Crippen LogP) is 4.35. The van der Waals surface area contributed by atoms with E-state index in [1.807, 2.05) is 12.3 Å².